The Morgan fingerprint density at radius 2 is 2.06 bits per heavy atom. The Bertz CT molecular complexity index is 605. The van der Waals surface area contributed by atoms with Gasteiger partial charge in [-0.05, 0) is 34.1 Å². The molecule has 0 saturated heterocycles. The lowest BCUT2D eigenvalue weighted by Gasteiger charge is -2.10. The molecule has 0 aliphatic carbocycles. The van der Waals surface area contributed by atoms with E-state index in [4.69, 9.17) is 29.6 Å². The van der Waals surface area contributed by atoms with Crippen molar-refractivity contribution in [3.05, 3.63) is 45.8 Å². The molecule has 1 aromatic heterocycles. The number of nitrogens with zero attached hydrogens (tertiary/aromatic N) is 2. The van der Waals surface area contributed by atoms with Crippen LogP contribution in [0.4, 0.5) is 11.5 Å². The predicted molar refractivity (Wildman–Crippen MR) is 80.4 cm³/mol. The molecule has 4 nitrogen and oxygen atoms in total. The summed E-state index contributed by atoms with van der Waals surface area (Å²) in [5, 5.41) is 3.70. The molecule has 1 heterocycles. The number of halogens is 2. The minimum absolute atomic E-state index is 0.184. The summed E-state index contributed by atoms with van der Waals surface area (Å²) in [6.07, 6.45) is 3.09. The quantitative estimate of drug-likeness (QED) is 0.837. The van der Waals surface area contributed by atoms with Crippen LogP contribution in [0.25, 0.3) is 0 Å². The minimum atomic E-state index is 0.184. The molecule has 2 rings (SSSR count). The van der Waals surface area contributed by atoms with E-state index in [1.54, 1.807) is 18.3 Å². The molecule has 0 fully saturated rings. The topological polar surface area (TPSA) is 63.8 Å². The third kappa shape index (κ3) is 2.95. The molecule has 2 aromatic rings. The average Bonchev–Trinajstić information content (AvgIpc) is 2.34. The van der Waals surface area contributed by atoms with Crippen LogP contribution in [-0.4, -0.2) is 15.0 Å². The van der Waals surface area contributed by atoms with Gasteiger partial charge in [0.25, 0.3) is 0 Å². The van der Waals surface area contributed by atoms with Crippen LogP contribution in [0.2, 0.25) is 5.02 Å². The van der Waals surface area contributed by atoms with E-state index < -0.39 is 0 Å². The van der Waals surface area contributed by atoms with Gasteiger partial charge in [0, 0.05) is 21.9 Å². The van der Waals surface area contributed by atoms with Gasteiger partial charge < -0.3 is 11.1 Å². The minimum Gasteiger partial charge on any atom is -0.388 e. The second-order valence-corrected chi connectivity index (χ2v) is 5.10. The van der Waals surface area contributed by atoms with Gasteiger partial charge in [-0.2, -0.15) is 0 Å². The van der Waals surface area contributed by atoms with Crippen molar-refractivity contribution in [2.45, 2.75) is 0 Å². The van der Waals surface area contributed by atoms with Crippen LogP contribution in [-0.2, 0) is 0 Å². The molecule has 18 heavy (non-hydrogen) atoms. The molecule has 0 atom stereocenters. The second kappa shape index (κ2) is 5.60. The number of rotatable bonds is 3. The van der Waals surface area contributed by atoms with Crippen molar-refractivity contribution in [2.24, 2.45) is 5.73 Å². The zero-order valence-electron chi connectivity index (χ0n) is 9.02. The van der Waals surface area contributed by atoms with Gasteiger partial charge in [0.05, 0.1) is 5.69 Å². The van der Waals surface area contributed by atoms with Gasteiger partial charge in [0.2, 0.25) is 0 Å². The van der Waals surface area contributed by atoms with Gasteiger partial charge in [0.1, 0.15) is 10.7 Å². The fourth-order valence-electron chi connectivity index (χ4n) is 1.33. The van der Waals surface area contributed by atoms with Crippen molar-refractivity contribution in [1.29, 1.82) is 0 Å². The van der Waals surface area contributed by atoms with Crippen molar-refractivity contribution in [2.75, 3.05) is 5.32 Å². The second-order valence-electron chi connectivity index (χ2n) is 3.37. The first-order valence-electron chi connectivity index (χ1n) is 4.91. The smallest absolute Gasteiger partial charge is 0.159 e. The number of hydrogen-bond acceptors (Lipinski definition) is 4. The highest BCUT2D eigenvalue weighted by molar-refractivity contribution is 9.10. The molecule has 0 spiro atoms. The number of nitrogens with one attached hydrogen (secondary N) is 1. The van der Waals surface area contributed by atoms with Crippen molar-refractivity contribution in [1.82, 2.24) is 9.97 Å². The fraction of sp³-hybridized carbons (Fsp3) is 0. The molecule has 92 valence electrons. The maximum Gasteiger partial charge on any atom is 0.159 e. The van der Waals surface area contributed by atoms with Crippen LogP contribution in [0.1, 0.15) is 5.69 Å². The normalized spacial score (nSPS) is 10.1. The highest BCUT2D eigenvalue weighted by Gasteiger charge is 2.09. The molecule has 1 aromatic carbocycles. The zero-order valence-corrected chi connectivity index (χ0v) is 12.2. The Labute approximate surface area is 123 Å². The van der Waals surface area contributed by atoms with E-state index in [1.165, 1.54) is 6.20 Å². The lowest BCUT2D eigenvalue weighted by Crippen LogP contribution is -2.15. The average molecular weight is 344 g/mol. The Hall–Kier alpha value is -1.24. The number of thiocarbonyl (C=S) groups is 1. The predicted octanol–water partition coefficient (Wildman–Crippen LogP) is 3.27. The summed E-state index contributed by atoms with van der Waals surface area (Å²) in [4.78, 5) is 8.43. The van der Waals surface area contributed by atoms with E-state index in [0.29, 0.717) is 16.5 Å². The molecule has 0 unspecified atom stereocenters. The molecule has 0 radical (unpaired) electrons. The number of anilines is 2. The lowest BCUT2D eigenvalue weighted by atomic mass is 10.3. The summed E-state index contributed by atoms with van der Waals surface area (Å²) < 4.78 is 0.853. The van der Waals surface area contributed by atoms with Crippen LogP contribution in [0.3, 0.4) is 0 Å². The van der Waals surface area contributed by atoms with E-state index in [0.717, 1.165) is 10.2 Å². The Morgan fingerprint density at radius 1 is 1.33 bits per heavy atom. The van der Waals surface area contributed by atoms with E-state index in [-0.39, 0.29) is 4.99 Å². The third-order valence-electron chi connectivity index (χ3n) is 2.11. The molecule has 7 heteroatoms. The van der Waals surface area contributed by atoms with Crippen LogP contribution < -0.4 is 11.1 Å². The SMILES string of the molecule is NC(=S)c1nccnc1Nc1cc(Cl)ccc1Br. The standard InChI is InChI=1S/C11H8BrClN4S/c12-7-2-1-6(13)5-8(7)17-11-9(10(14)18)15-3-4-16-11/h1-5H,(H2,14,18)(H,16,17). The summed E-state index contributed by atoms with van der Waals surface area (Å²) >= 11 is 14.3. The van der Waals surface area contributed by atoms with Crippen molar-refractivity contribution in [3.63, 3.8) is 0 Å². The highest BCUT2D eigenvalue weighted by Crippen LogP contribution is 2.28. The number of aromatic nitrogens is 2. The third-order valence-corrected chi connectivity index (χ3v) is 3.23. The number of benzene rings is 1. The fourth-order valence-corrected chi connectivity index (χ4v) is 2.00. The number of hydrogen-bond donors (Lipinski definition) is 2. The summed E-state index contributed by atoms with van der Waals surface area (Å²) in [5.74, 6) is 0.493. The molecule has 3 N–H and O–H groups in total. The molecule has 0 aliphatic rings. The maximum absolute atomic E-state index is 5.94. The van der Waals surface area contributed by atoms with Crippen LogP contribution in [0.5, 0.6) is 0 Å². The van der Waals surface area contributed by atoms with Crippen LogP contribution >= 0.6 is 39.7 Å². The van der Waals surface area contributed by atoms with E-state index in [1.807, 2.05) is 6.07 Å². The Morgan fingerprint density at radius 3 is 2.78 bits per heavy atom. The van der Waals surface area contributed by atoms with Gasteiger partial charge in [-0.3, -0.25) is 0 Å². The van der Waals surface area contributed by atoms with Gasteiger partial charge in [0.15, 0.2) is 5.82 Å². The monoisotopic (exact) mass is 342 g/mol. The molecule has 0 aliphatic heterocycles. The molecular formula is C11H8BrClN4S. The van der Waals surface area contributed by atoms with E-state index in [2.05, 4.69) is 31.2 Å². The largest absolute Gasteiger partial charge is 0.388 e. The van der Waals surface area contributed by atoms with E-state index in [9.17, 15) is 0 Å². The number of nitrogens with two attached hydrogens (primary N) is 1. The molecule has 0 bridgehead atoms. The van der Waals surface area contributed by atoms with Gasteiger partial charge in [-0.25, -0.2) is 9.97 Å². The van der Waals surface area contributed by atoms with Crippen molar-refractivity contribution >= 4 is 56.2 Å². The Balaban J connectivity index is 2.40. The summed E-state index contributed by atoms with van der Waals surface area (Å²) in [6, 6.07) is 5.38. The van der Waals surface area contributed by atoms with Crippen LogP contribution in [0.15, 0.2) is 35.1 Å². The van der Waals surface area contributed by atoms with Crippen LogP contribution in [0, 0.1) is 0 Å². The highest BCUT2D eigenvalue weighted by atomic mass is 79.9. The summed E-state index contributed by atoms with van der Waals surface area (Å²) in [7, 11) is 0. The first-order chi connectivity index (χ1) is 8.58. The molecule has 0 saturated carbocycles. The van der Waals surface area contributed by atoms with Crippen molar-refractivity contribution < 1.29 is 0 Å². The zero-order chi connectivity index (χ0) is 13.1. The summed E-state index contributed by atoms with van der Waals surface area (Å²) in [6.45, 7) is 0. The van der Waals surface area contributed by atoms with E-state index >= 15 is 0 Å². The first-order valence-corrected chi connectivity index (χ1v) is 6.48. The van der Waals surface area contributed by atoms with Gasteiger partial charge in [-0.1, -0.05) is 23.8 Å². The Kier molecular flexibility index (Phi) is 4.11. The lowest BCUT2D eigenvalue weighted by molar-refractivity contribution is 1.18. The summed E-state index contributed by atoms with van der Waals surface area (Å²) in [5.41, 5.74) is 6.80. The van der Waals surface area contributed by atoms with Gasteiger partial charge in [-0.15, -0.1) is 0 Å². The molecule has 0 amide bonds. The van der Waals surface area contributed by atoms with Gasteiger partial charge >= 0.3 is 0 Å². The molecular weight excluding hydrogens is 336 g/mol. The maximum atomic E-state index is 5.94. The van der Waals surface area contributed by atoms with Crippen molar-refractivity contribution in [3.8, 4) is 0 Å². The first kappa shape index (κ1) is 13.2.